The summed E-state index contributed by atoms with van der Waals surface area (Å²) in [6, 6.07) is 5.86. The van der Waals surface area contributed by atoms with Crippen LogP contribution in [0.1, 0.15) is 47.8 Å². The third kappa shape index (κ3) is 3.89. The second-order valence-corrected chi connectivity index (χ2v) is 8.95. The fraction of sp³-hybridized carbons (Fsp3) is 0.348. The minimum absolute atomic E-state index is 0.101. The second kappa shape index (κ2) is 8.57. The molecular formula is C23H19F4N5O2S. The average Bonchev–Trinajstić information content (AvgIpc) is 3.29. The van der Waals surface area contributed by atoms with Gasteiger partial charge >= 0.3 is 6.18 Å². The summed E-state index contributed by atoms with van der Waals surface area (Å²) in [7, 11) is 1.36. The van der Waals surface area contributed by atoms with Gasteiger partial charge in [-0.25, -0.2) is 9.37 Å². The third-order valence-electron chi connectivity index (χ3n) is 6.37. The number of thiocarbonyl (C=S) groups is 1. The molecule has 1 saturated carbocycles. The maximum atomic E-state index is 14.8. The van der Waals surface area contributed by atoms with Gasteiger partial charge in [0, 0.05) is 12.7 Å². The van der Waals surface area contributed by atoms with Crippen LogP contribution in [0.5, 0.6) is 0 Å². The number of anilines is 2. The van der Waals surface area contributed by atoms with E-state index in [-0.39, 0.29) is 28.0 Å². The Labute approximate surface area is 203 Å². The van der Waals surface area contributed by atoms with E-state index in [1.807, 2.05) is 6.92 Å². The van der Waals surface area contributed by atoms with Gasteiger partial charge in [-0.15, -0.1) is 0 Å². The van der Waals surface area contributed by atoms with E-state index in [2.05, 4.69) is 10.3 Å². The number of aromatic nitrogens is 1. The van der Waals surface area contributed by atoms with Crippen molar-refractivity contribution in [2.24, 2.45) is 5.92 Å². The fourth-order valence-electron chi connectivity index (χ4n) is 4.77. The van der Waals surface area contributed by atoms with Crippen molar-refractivity contribution in [3.8, 4) is 6.07 Å². The van der Waals surface area contributed by atoms with Crippen LogP contribution in [0.15, 0.2) is 30.5 Å². The van der Waals surface area contributed by atoms with E-state index in [9.17, 15) is 27.2 Å². The Balaban J connectivity index is 1.85. The number of hydrogen-bond acceptors (Lipinski definition) is 5. The number of hydrogen-bond donors (Lipinski definition) is 1. The molecule has 2 atom stereocenters. The summed E-state index contributed by atoms with van der Waals surface area (Å²) >= 11 is 5.55. The molecule has 182 valence electrons. The number of alkyl halides is 3. The lowest BCUT2D eigenvalue weighted by molar-refractivity contribution is -0.138. The minimum Gasteiger partial charge on any atom is -0.355 e. The molecule has 2 fully saturated rings. The van der Waals surface area contributed by atoms with E-state index in [0.29, 0.717) is 25.3 Å². The van der Waals surface area contributed by atoms with Crippen LogP contribution < -0.4 is 15.1 Å². The normalized spacial score (nSPS) is 22.1. The number of halogens is 4. The van der Waals surface area contributed by atoms with Crippen molar-refractivity contribution in [3.63, 3.8) is 0 Å². The Morgan fingerprint density at radius 2 is 2.03 bits per heavy atom. The average molecular weight is 505 g/mol. The van der Waals surface area contributed by atoms with E-state index in [4.69, 9.17) is 17.5 Å². The molecule has 1 saturated heterocycles. The molecule has 0 radical (unpaired) electrons. The summed E-state index contributed by atoms with van der Waals surface area (Å²) in [4.78, 5) is 31.7. The highest BCUT2D eigenvalue weighted by Crippen LogP contribution is 2.48. The first-order valence-corrected chi connectivity index (χ1v) is 11.0. The van der Waals surface area contributed by atoms with Crippen LogP contribution in [0, 0.1) is 23.1 Å². The molecule has 2 unspecified atom stereocenters. The number of nitriles is 1. The van der Waals surface area contributed by atoms with Crippen LogP contribution in [0.25, 0.3) is 0 Å². The number of benzene rings is 1. The van der Waals surface area contributed by atoms with E-state index in [1.54, 1.807) is 0 Å². The fourth-order valence-corrected chi connectivity index (χ4v) is 5.23. The van der Waals surface area contributed by atoms with Crippen LogP contribution in [0.4, 0.5) is 28.9 Å². The standard InChI is InChI=1S/C23H19F4N5O2S/c1-12-5-6-22(9-12)20(34)31(14-7-16(23(25,26)27)18(10-28)30-11-14)21(35)32(22)13-3-4-15(17(24)8-13)19(33)29-2/h3-4,7-8,11-12H,5-6,9H2,1-2H3,(H,29,33). The van der Waals surface area contributed by atoms with Gasteiger partial charge in [0.2, 0.25) is 0 Å². The molecule has 7 nitrogen and oxygen atoms in total. The maximum Gasteiger partial charge on any atom is 0.419 e. The lowest BCUT2D eigenvalue weighted by atomic mass is 9.93. The number of amides is 2. The van der Waals surface area contributed by atoms with Crippen LogP contribution in [0.2, 0.25) is 0 Å². The van der Waals surface area contributed by atoms with Crippen molar-refractivity contribution in [1.29, 1.82) is 5.26 Å². The largest absolute Gasteiger partial charge is 0.419 e. The van der Waals surface area contributed by atoms with Crippen molar-refractivity contribution in [2.75, 3.05) is 16.8 Å². The molecule has 2 aromatic rings. The van der Waals surface area contributed by atoms with Crippen molar-refractivity contribution < 1.29 is 27.2 Å². The van der Waals surface area contributed by atoms with Crippen LogP contribution in [-0.4, -0.2) is 34.5 Å². The molecule has 1 aromatic heterocycles. The molecule has 35 heavy (non-hydrogen) atoms. The number of nitrogens with one attached hydrogen (secondary N) is 1. The predicted octanol–water partition coefficient (Wildman–Crippen LogP) is 4.17. The highest BCUT2D eigenvalue weighted by molar-refractivity contribution is 7.81. The highest BCUT2D eigenvalue weighted by Gasteiger charge is 2.59. The Hall–Kier alpha value is -3.59. The van der Waals surface area contributed by atoms with E-state index in [1.165, 1.54) is 30.1 Å². The van der Waals surface area contributed by atoms with Gasteiger partial charge < -0.3 is 10.2 Å². The zero-order valence-electron chi connectivity index (χ0n) is 18.6. The van der Waals surface area contributed by atoms with Crippen molar-refractivity contribution >= 4 is 40.5 Å². The van der Waals surface area contributed by atoms with Gasteiger partial charge in [-0.05, 0) is 61.7 Å². The summed E-state index contributed by atoms with van der Waals surface area (Å²) in [5, 5.41) is 11.2. The lowest BCUT2D eigenvalue weighted by Crippen LogP contribution is -2.48. The SMILES string of the molecule is CNC(=O)c1ccc(N2C(=S)N(c3cnc(C#N)c(C(F)(F)F)c3)C(=O)C23CCC(C)C3)cc1F. The van der Waals surface area contributed by atoms with Crippen LogP contribution >= 0.6 is 12.2 Å². The predicted molar refractivity (Wildman–Crippen MR) is 122 cm³/mol. The third-order valence-corrected chi connectivity index (χ3v) is 6.74. The summed E-state index contributed by atoms with van der Waals surface area (Å²) in [5.41, 5.74) is -3.60. The monoisotopic (exact) mass is 505 g/mol. The summed E-state index contributed by atoms with van der Waals surface area (Å²) in [5.74, 6) is -1.93. The van der Waals surface area contributed by atoms with E-state index in [0.717, 1.165) is 17.2 Å². The van der Waals surface area contributed by atoms with Gasteiger partial charge in [-0.2, -0.15) is 18.4 Å². The highest BCUT2D eigenvalue weighted by atomic mass is 32.1. The quantitative estimate of drug-likeness (QED) is 0.498. The Bertz CT molecular complexity index is 1290. The molecule has 4 rings (SSSR count). The number of carbonyl (C=O) groups excluding carboxylic acids is 2. The van der Waals surface area contributed by atoms with Crippen LogP contribution in [0.3, 0.4) is 0 Å². The first kappa shape index (κ1) is 24.5. The Morgan fingerprint density at radius 3 is 2.57 bits per heavy atom. The smallest absolute Gasteiger partial charge is 0.355 e. The molecule has 0 bridgehead atoms. The molecular weight excluding hydrogens is 486 g/mol. The maximum absolute atomic E-state index is 14.8. The van der Waals surface area contributed by atoms with Gasteiger partial charge in [-0.3, -0.25) is 14.5 Å². The Kier molecular flexibility index (Phi) is 6.00. The number of nitrogens with zero attached hydrogens (tertiary/aromatic N) is 4. The summed E-state index contributed by atoms with van der Waals surface area (Å²) in [6.07, 6.45) is -2.55. The Morgan fingerprint density at radius 1 is 1.31 bits per heavy atom. The topological polar surface area (TPSA) is 89.3 Å². The zero-order chi connectivity index (χ0) is 25.7. The van der Waals surface area contributed by atoms with Crippen molar-refractivity contribution in [3.05, 3.63) is 53.1 Å². The number of pyridine rings is 1. The molecule has 1 aliphatic carbocycles. The van der Waals surface area contributed by atoms with Gasteiger partial charge in [0.25, 0.3) is 11.8 Å². The lowest BCUT2D eigenvalue weighted by Gasteiger charge is -2.33. The minimum atomic E-state index is -4.88. The van der Waals surface area contributed by atoms with E-state index >= 15 is 0 Å². The van der Waals surface area contributed by atoms with Gasteiger partial charge in [-0.1, -0.05) is 6.92 Å². The van der Waals surface area contributed by atoms with Gasteiger partial charge in [0.15, 0.2) is 10.8 Å². The number of rotatable bonds is 3. The first-order valence-electron chi connectivity index (χ1n) is 10.6. The van der Waals surface area contributed by atoms with Gasteiger partial charge in [0.05, 0.1) is 23.0 Å². The zero-order valence-corrected chi connectivity index (χ0v) is 19.4. The van der Waals surface area contributed by atoms with Crippen molar-refractivity contribution in [2.45, 2.75) is 37.9 Å². The first-order chi connectivity index (χ1) is 16.4. The number of carbonyl (C=O) groups is 2. The van der Waals surface area contributed by atoms with Crippen molar-refractivity contribution in [1.82, 2.24) is 10.3 Å². The molecule has 2 amide bonds. The molecule has 1 aliphatic heterocycles. The van der Waals surface area contributed by atoms with Crippen LogP contribution in [-0.2, 0) is 11.0 Å². The molecule has 12 heteroatoms. The van der Waals surface area contributed by atoms with E-state index < -0.39 is 40.6 Å². The van der Waals surface area contributed by atoms with Gasteiger partial charge in [0.1, 0.15) is 17.4 Å². The molecule has 1 N–H and O–H groups in total. The summed E-state index contributed by atoms with van der Waals surface area (Å²) < 4.78 is 55.5. The molecule has 2 aliphatic rings. The second-order valence-electron chi connectivity index (χ2n) is 8.58. The molecule has 2 heterocycles. The summed E-state index contributed by atoms with van der Waals surface area (Å²) in [6.45, 7) is 1.94. The molecule has 1 aromatic carbocycles. The molecule has 1 spiro atoms.